The SMILES string of the molecule is COc1ccc(CN2C(c3cc4cccnn4c3)=NOC23CN2CCC3CC2)c(OC)c1. The lowest BCUT2D eigenvalue weighted by atomic mass is 9.79. The summed E-state index contributed by atoms with van der Waals surface area (Å²) in [6.45, 7) is 3.75. The molecule has 0 radical (unpaired) electrons. The van der Waals surface area contributed by atoms with Crippen molar-refractivity contribution in [3.8, 4) is 11.5 Å². The second kappa shape index (κ2) is 7.41. The van der Waals surface area contributed by atoms with E-state index in [0.717, 1.165) is 66.5 Å². The number of fused-ring (bicyclic) bond motifs is 3. The molecular weight excluding hydrogens is 406 g/mol. The summed E-state index contributed by atoms with van der Waals surface area (Å²) in [5.41, 5.74) is 2.65. The fourth-order valence-electron chi connectivity index (χ4n) is 5.44. The maximum Gasteiger partial charge on any atom is 0.227 e. The van der Waals surface area contributed by atoms with Crippen molar-refractivity contribution in [1.29, 1.82) is 0 Å². The highest BCUT2D eigenvalue weighted by molar-refractivity contribution is 6.00. The molecule has 2 bridgehead atoms. The first kappa shape index (κ1) is 19.4. The Morgan fingerprint density at radius 2 is 2.00 bits per heavy atom. The molecule has 8 heteroatoms. The van der Waals surface area contributed by atoms with E-state index in [-0.39, 0.29) is 0 Å². The molecule has 3 aromatic rings. The van der Waals surface area contributed by atoms with E-state index in [1.807, 2.05) is 35.0 Å². The van der Waals surface area contributed by atoms with Crippen molar-refractivity contribution in [3.05, 3.63) is 59.9 Å². The summed E-state index contributed by atoms with van der Waals surface area (Å²) in [4.78, 5) is 11.2. The smallest absolute Gasteiger partial charge is 0.227 e. The van der Waals surface area contributed by atoms with E-state index in [1.54, 1.807) is 20.4 Å². The van der Waals surface area contributed by atoms with Gasteiger partial charge < -0.3 is 19.2 Å². The number of aromatic nitrogens is 2. The van der Waals surface area contributed by atoms with Crippen molar-refractivity contribution >= 4 is 11.4 Å². The topological polar surface area (TPSA) is 63.8 Å². The van der Waals surface area contributed by atoms with Gasteiger partial charge in [-0.05, 0) is 56.3 Å². The van der Waals surface area contributed by atoms with Gasteiger partial charge in [-0.1, -0.05) is 5.16 Å². The average molecular weight is 434 g/mol. The molecule has 3 fully saturated rings. The van der Waals surface area contributed by atoms with E-state index >= 15 is 0 Å². The van der Waals surface area contributed by atoms with Crippen molar-refractivity contribution < 1.29 is 14.3 Å². The van der Waals surface area contributed by atoms with Gasteiger partial charge in [-0.25, -0.2) is 4.52 Å². The zero-order valence-corrected chi connectivity index (χ0v) is 18.4. The monoisotopic (exact) mass is 433 g/mol. The minimum atomic E-state index is -0.460. The Morgan fingerprint density at radius 1 is 1.12 bits per heavy atom. The van der Waals surface area contributed by atoms with Crippen LogP contribution in [-0.2, 0) is 11.4 Å². The lowest BCUT2D eigenvalue weighted by Crippen LogP contribution is -2.66. The quantitative estimate of drug-likeness (QED) is 0.617. The number of piperidine rings is 3. The van der Waals surface area contributed by atoms with Crippen LogP contribution in [-0.4, -0.2) is 64.8 Å². The maximum absolute atomic E-state index is 6.36. The standard InChI is InChI=1S/C24H27N5O3/c1-30-21-6-5-17(22(13-21)31-2)14-28-23(18-12-20-4-3-9-25-29(20)15-18)26-32-24(28)16-27-10-7-19(24)8-11-27/h3-6,9,12-13,15,19H,7-8,10-11,14,16H2,1-2H3. The highest BCUT2D eigenvalue weighted by Gasteiger charge is 2.57. The van der Waals surface area contributed by atoms with Gasteiger partial charge in [0.25, 0.3) is 0 Å². The molecule has 0 amide bonds. The number of benzene rings is 1. The van der Waals surface area contributed by atoms with Crippen LogP contribution in [0.3, 0.4) is 0 Å². The number of nitrogens with zero attached hydrogens (tertiary/aromatic N) is 5. The third kappa shape index (κ3) is 2.93. The maximum atomic E-state index is 6.36. The zero-order valence-electron chi connectivity index (χ0n) is 18.4. The van der Waals surface area contributed by atoms with E-state index in [0.29, 0.717) is 12.5 Å². The Labute approximate surface area is 187 Å². The van der Waals surface area contributed by atoms with Crippen molar-refractivity contribution in [2.75, 3.05) is 33.9 Å². The van der Waals surface area contributed by atoms with Gasteiger partial charge in [0.2, 0.25) is 5.72 Å². The second-order valence-corrected chi connectivity index (χ2v) is 8.79. The van der Waals surface area contributed by atoms with Crippen molar-refractivity contribution in [1.82, 2.24) is 19.4 Å². The van der Waals surface area contributed by atoms with Gasteiger partial charge in [-0.15, -0.1) is 0 Å². The van der Waals surface area contributed by atoms with Crippen LogP contribution in [0.2, 0.25) is 0 Å². The Balaban J connectivity index is 1.42. The fourth-order valence-corrected chi connectivity index (χ4v) is 5.44. The Bertz CT molecular complexity index is 1150. The predicted octanol–water partition coefficient (Wildman–Crippen LogP) is 2.97. The van der Waals surface area contributed by atoms with Crippen LogP contribution < -0.4 is 9.47 Å². The molecule has 2 aromatic heterocycles. The van der Waals surface area contributed by atoms with Crippen molar-refractivity contribution in [2.45, 2.75) is 25.1 Å². The molecule has 8 nitrogen and oxygen atoms in total. The molecule has 4 aliphatic rings. The summed E-state index contributed by atoms with van der Waals surface area (Å²) in [7, 11) is 3.37. The van der Waals surface area contributed by atoms with Crippen LogP contribution >= 0.6 is 0 Å². The molecule has 32 heavy (non-hydrogen) atoms. The molecule has 166 valence electrons. The molecule has 4 aliphatic heterocycles. The van der Waals surface area contributed by atoms with Gasteiger partial charge in [-0.3, -0.25) is 4.90 Å². The van der Waals surface area contributed by atoms with Gasteiger partial charge in [0.05, 0.1) is 32.8 Å². The van der Waals surface area contributed by atoms with Crippen LogP contribution in [0.5, 0.6) is 11.5 Å². The zero-order chi connectivity index (χ0) is 21.7. The van der Waals surface area contributed by atoms with Gasteiger partial charge in [0.1, 0.15) is 11.5 Å². The number of hydrogen-bond donors (Lipinski definition) is 0. The summed E-state index contributed by atoms with van der Waals surface area (Å²) in [5, 5.41) is 9.10. The Hall–Kier alpha value is -3.26. The van der Waals surface area contributed by atoms with E-state index in [2.05, 4.69) is 32.2 Å². The number of amidine groups is 1. The lowest BCUT2D eigenvalue weighted by Gasteiger charge is -2.53. The minimum Gasteiger partial charge on any atom is -0.497 e. The summed E-state index contributed by atoms with van der Waals surface area (Å²) >= 11 is 0. The average Bonchev–Trinajstić information content (AvgIpc) is 3.42. The fraction of sp³-hybridized carbons (Fsp3) is 0.417. The van der Waals surface area contributed by atoms with E-state index in [1.165, 1.54) is 0 Å². The van der Waals surface area contributed by atoms with E-state index in [9.17, 15) is 0 Å². The van der Waals surface area contributed by atoms with Crippen LogP contribution in [0.25, 0.3) is 5.52 Å². The number of hydrogen-bond acceptors (Lipinski definition) is 7. The van der Waals surface area contributed by atoms with Crippen molar-refractivity contribution in [3.63, 3.8) is 0 Å². The first-order valence-corrected chi connectivity index (χ1v) is 11.1. The first-order chi connectivity index (χ1) is 15.7. The largest absolute Gasteiger partial charge is 0.497 e. The molecule has 0 aliphatic carbocycles. The molecule has 1 unspecified atom stereocenters. The number of ether oxygens (including phenoxy) is 2. The highest BCUT2D eigenvalue weighted by atomic mass is 16.7. The molecule has 6 heterocycles. The lowest BCUT2D eigenvalue weighted by molar-refractivity contribution is -0.198. The third-order valence-electron chi connectivity index (χ3n) is 7.13. The van der Waals surface area contributed by atoms with Crippen LogP contribution in [0.1, 0.15) is 24.0 Å². The molecule has 7 rings (SSSR count). The predicted molar refractivity (Wildman–Crippen MR) is 120 cm³/mol. The Kier molecular flexibility index (Phi) is 4.50. The summed E-state index contributed by atoms with van der Waals surface area (Å²) in [6, 6.07) is 12.1. The second-order valence-electron chi connectivity index (χ2n) is 8.79. The minimum absolute atomic E-state index is 0.438. The molecule has 0 N–H and O–H groups in total. The number of rotatable bonds is 5. The first-order valence-electron chi connectivity index (χ1n) is 11.1. The van der Waals surface area contributed by atoms with Crippen LogP contribution in [0.15, 0.2) is 53.9 Å². The molecule has 3 saturated heterocycles. The normalized spacial score (nSPS) is 26.4. The molecule has 1 spiro atoms. The van der Waals surface area contributed by atoms with Gasteiger partial charge in [0, 0.05) is 35.5 Å². The molecule has 0 saturated carbocycles. The van der Waals surface area contributed by atoms with Crippen LogP contribution in [0, 0.1) is 5.92 Å². The third-order valence-corrected chi connectivity index (χ3v) is 7.13. The molecule has 1 aromatic carbocycles. The van der Waals surface area contributed by atoms with Crippen molar-refractivity contribution in [2.24, 2.45) is 11.1 Å². The van der Waals surface area contributed by atoms with E-state index in [4.69, 9.17) is 14.3 Å². The molecular formula is C24H27N5O3. The Morgan fingerprint density at radius 3 is 2.72 bits per heavy atom. The summed E-state index contributed by atoms with van der Waals surface area (Å²) in [6.07, 6.45) is 6.06. The van der Waals surface area contributed by atoms with Gasteiger partial charge in [-0.2, -0.15) is 5.10 Å². The van der Waals surface area contributed by atoms with Gasteiger partial charge in [0.15, 0.2) is 5.84 Å². The summed E-state index contributed by atoms with van der Waals surface area (Å²) in [5.74, 6) is 2.87. The van der Waals surface area contributed by atoms with Crippen LogP contribution in [0.4, 0.5) is 0 Å². The van der Waals surface area contributed by atoms with E-state index < -0.39 is 5.72 Å². The number of methoxy groups -OCH3 is 2. The molecule has 1 atom stereocenters. The number of oxime groups is 1. The summed E-state index contributed by atoms with van der Waals surface area (Å²) < 4.78 is 13.0. The highest BCUT2D eigenvalue weighted by Crippen LogP contribution is 2.45. The van der Waals surface area contributed by atoms with Gasteiger partial charge >= 0.3 is 0 Å².